The van der Waals surface area contributed by atoms with Crippen LogP contribution in [0.3, 0.4) is 0 Å². The molecule has 2 amide bonds. The monoisotopic (exact) mass is 365 g/mol. The topological polar surface area (TPSA) is 116 Å². The van der Waals surface area contributed by atoms with Gasteiger partial charge in [-0.2, -0.15) is 5.10 Å². The number of rotatable bonds is 9. The Kier molecular flexibility index (Phi) is 7.02. The lowest BCUT2D eigenvalue weighted by Crippen LogP contribution is -2.17. The number of anilines is 2. The maximum Gasteiger partial charge on any atom is 0.226 e. The lowest BCUT2D eigenvalue weighted by Gasteiger charge is -2.05. The van der Waals surface area contributed by atoms with Crippen molar-refractivity contribution in [3.05, 3.63) is 16.8 Å². The zero-order chi connectivity index (χ0) is 18.2. The molecule has 2 aromatic heterocycles. The summed E-state index contributed by atoms with van der Waals surface area (Å²) in [5.74, 6) is -0.0674. The number of aromatic amines is 1. The molecule has 2 aromatic rings. The first-order valence-electron chi connectivity index (χ1n) is 8.07. The minimum Gasteiger partial charge on any atom is -0.309 e. The van der Waals surface area contributed by atoms with Gasteiger partial charge >= 0.3 is 0 Å². The van der Waals surface area contributed by atoms with Crippen LogP contribution in [0.15, 0.2) is 6.07 Å². The van der Waals surface area contributed by atoms with Gasteiger partial charge in [-0.15, -0.1) is 10.2 Å². The summed E-state index contributed by atoms with van der Waals surface area (Å²) < 4.78 is 0. The van der Waals surface area contributed by atoms with E-state index >= 15 is 0 Å². The van der Waals surface area contributed by atoms with Crippen molar-refractivity contribution < 1.29 is 9.59 Å². The summed E-state index contributed by atoms with van der Waals surface area (Å²) in [6.07, 6.45) is 1.97. The molecule has 0 fully saturated rings. The highest BCUT2D eigenvalue weighted by atomic mass is 32.1. The van der Waals surface area contributed by atoms with Crippen molar-refractivity contribution in [2.24, 2.45) is 0 Å². The predicted molar refractivity (Wildman–Crippen MR) is 96.4 cm³/mol. The van der Waals surface area contributed by atoms with E-state index in [1.165, 1.54) is 11.3 Å². The van der Waals surface area contributed by atoms with E-state index < -0.39 is 0 Å². The molecule has 0 aliphatic carbocycles. The maximum absolute atomic E-state index is 11.9. The molecule has 136 valence electrons. The Morgan fingerprint density at radius 3 is 2.60 bits per heavy atom. The zero-order valence-electron chi connectivity index (χ0n) is 14.6. The van der Waals surface area contributed by atoms with Crippen LogP contribution in [0.5, 0.6) is 0 Å². The lowest BCUT2D eigenvalue weighted by molar-refractivity contribution is -0.121. The second-order valence-electron chi connectivity index (χ2n) is 5.86. The van der Waals surface area contributed by atoms with Crippen molar-refractivity contribution in [2.45, 2.75) is 39.2 Å². The Morgan fingerprint density at radius 1 is 1.20 bits per heavy atom. The highest BCUT2D eigenvalue weighted by molar-refractivity contribution is 7.15. The van der Waals surface area contributed by atoms with Crippen molar-refractivity contribution >= 4 is 34.1 Å². The van der Waals surface area contributed by atoms with Gasteiger partial charge in [-0.1, -0.05) is 18.3 Å². The van der Waals surface area contributed by atoms with E-state index in [9.17, 15) is 9.59 Å². The summed E-state index contributed by atoms with van der Waals surface area (Å²) in [5, 5.41) is 21.5. The Morgan fingerprint density at radius 2 is 1.92 bits per heavy atom. The van der Waals surface area contributed by atoms with Gasteiger partial charge in [0.15, 0.2) is 5.82 Å². The third-order valence-corrected chi connectivity index (χ3v) is 4.04. The third kappa shape index (κ3) is 6.59. The van der Waals surface area contributed by atoms with Crippen molar-refractivity contribution in [1.82, 2.24) is 25.3 Å². The molecule has 0 unspecified atom stereocenters. The van der Waals surface area contributed by atoms with Crippen LogP contribution < -0.4 is 10.6 Å². The van der Waals surface area contributed by atoms with Crippen molar-refractivity contribution in [3.63, 3.8) is 0 Å². The van der Waals surface area contributed by atoms with Crippen LogP contribution in [0.2, 0.25) is 0 Å². The Balaban J connectivity index is 1.73. The number of nitrogens with one attached hydrogen (secondary N) is 3. The fourth-order valence-electron chi connectivity index (χ4n) is 2.08. The van der Waals surface area contributed by atoms with E-state index in [2.05, 4.69) is 38.0 Å². The first-order valence-corrected chi connectivity index (χ1v) is 8.89. The third-order valence-electron chi connectivity index (χ3n) is 3.14. The molecule has 9 nitrogen and oxygen atoms in total. The van der Waals surface area contributed by atoms with Gasteiger partial charge in [0.05, 0.1) is 5.69 Å². The normalized spacial score (nSPS) is 10.9. The fourth-order valence-corrected chi connectivity index (χ4v) is 2.94. The average Bonchev–Trinajstić information content (AvgIpc) is 3.15. The molecule has 0 saturated heterocycles. The van der Waals surface area contributed by atoms with E-state index in [-0.39, 0.29) is 24.7 Å². The van der Waals surface area contributed by atoms with Gasteiger partial charge in [0.2, 0.25) is 16.9 Å². The number of hydrogen-bond acceptors (Lipinski definition) is 7. The van der Waals surface area contributed by atoms with Gasteiger partial charge in [-0.05, 0) is 20.5 Å². The van der Waals surface area contributed by atoms with Crippen LogP contribution in [0.4, 0.5) is 10.9 Å². The zero-order valence-corrected chi connectivity index (χ0v) is 15.4. The Labute approximate surface area is 150 Å². The molecule has 3 N–H and O–H groups in total. The number of aromatic nitrogens is 4. The first-order chi connectivity index (χ1) is 12.0. The molecule has 0 aliphatic heterocycles. The molecular formula is C15H23N7O2S. The molecule has 2 heterocycles. The molecule has 0 spiro atoms. The number of amides is 2. The molecule has 0 bridgehead atoms. The summed E-state index contributed by atoms with van der Waals surface area (Å²) in [4.78, 5) is 25.8. The minimum atomic E-state index is -0.262. The Hall–Kier alpha value is -2.33. The standard InChI is InChI=1S/C15H23N7O2S/c1-4-5-14-20-21-15(25-14)17-13(24)7-6-12(23)16-11-8-10(18-19-11)9-22(2)3/h8H,4-7,9H2,1-3H3,(H,17,21,24)(H2,16,18,19,23). The highest BCUT2D eigenvalue weighted by Gasteiger charge is 2.11. The van der Waals surface area contributed by atoms with Crippen LogP contribution in [-0.2, 0) is 22.6 Å². The van der Waals surface area contributed by atoms with Gasteiger partial charge in [0.1, 0.15) is 5.01 Å². The van der Waals surface area contributed by atoms with Crippen LogP contribution in [0, 0.1) is 0 Å². The summed E-state index contributed by atoms with van der Waals surface area (Å²) >= 11 is 1.36. The van der Waals surface area contributed by atoms with Crippen molar-refractivity contribution in [3.8, 4) is 0 Å². The second kappa shape index (κ2) is 9.23. The van der Waals surface area contributed by atoms with Gasteiger partial charge in [-0.3, -0.25) is 14.7 Å². The number of hydrogen-bond donors (Lipinski definition) is 3. The predicted octanol–water partition coefficient (Wildman–Crippen LogP) is 1.63. The molecule has 25 heavy (non-hydrogen) atoms. The smallest absolute Gasteiger partial charge is 0.226 e. The van der Waals surface area contributed by atoms with Gasteiger partial charge in [0, 0.05) is 31.9 Å². The quantitative estimate of drug-likeness (QED) is 0.622. The lowest BCUT2D eigenvalue weighted by atomic mass is 10.3. The number of H-pyrrole nitrogens is 1. The van der Waals surface area contributed by atoms with Crippen LogP contribution in [-0.4, -0.2) is 51.2 Å². The van der Waals surface area contributed by atoms with Crippen LogP contribution >= 0.6 is 11.3 Å². The number of nitrogens with zero attached hydrogens (tertiary/aromatic N) is 4. The molecule has 0 saturated carbocycles. The van der Waals surface area contributed by atoms with Gasteiger partial charge in [0.25, 0.3) is 0 Å². The van der Waals surface area contributed by atoms with E-state index in [0.29, 0.717) is 17.5 Å². The summed E-state index contributed by atoms with van der Waals surface area (Å²) in [7, 11) is 3.89. The maximum atomic E-state index is 11.9. The van der Waals surface area contributed by atoms with E-state index in [1.54, 1.807) is 6.07 Å². The Bertz CT molecular complexity index is 710. The largest absolute Gasteiger partial charge is 0.309 e. The molecule has 0 aromatic carbocycles. The SMILES string of the molecule is CCCc1nnc(NC(=O)CCC(=O)Nc2cc(CN(C)C)[nH]n2)s1. The molecule has 10 heteroatoms. The van der Waals surface area contributed by atoms with E-state index in [4.69, 9.17) is 0 Å². The molecule has 0 radical (unpaired) electrons. The molecular weight excluding hydrogens is 342 g/mol. The van der Waals surface area contributed by atoms with Gasteiger partial charge < -0.3 is 15.5 Å². The van der Waals surface area contributed by atoms with E-state index in [0.717, 1.165) is 23.5 Å². The van der Waals surface area contributed by atoms with Crippen LogP contribution in [0.1, 0.15) is 36.9 Å². The highest BCUT2D eigenvalue weighted by Crippen LogP contribution is 2.16. The number of carbonyl (C=O) groups excluding carboxylic acids is 2. The first kappa shape index (κ1) is 19.0. The molecule has 0 aliphatic rings. The minimum absolute atomic E-state index is 0.0718. The number of carbonyl (C=O) groups is 2. The summed E-state index contributed by atoms with van der Waals surface area (Å²) in [6.45, 7) is 2.76. The number of aryl methyl sites for hydroxylation is 1. The van der Waals surface area contributed by atoms with Gasteiger partial charge in [-0.25, -0.2) is 0 Å². The van der Waals surface area contributed by atoms with E-state index in [1.807, 2.05) is 19.0 Å². The van der Waals surface area contributed by atoms with Crippen LogP contribution in [0.25, 0.3) is 0 Å². The molecule has 2 rings (SSSR count). The van der Waals surface area contributed by atoms with Crippen molar-refractivity contribution in [1.29, 1.82) is 0 Å². The fraction of sp³-hybridized carbons (Fsp3) is 0.533. The van der Waals surface area contributed by atoms with Crippen molar-refractivity contribution in [2.75, 3.05) is 24.7 Å². The molecule has 0 atom stereocenters. The summed E-state index contributed by atoms with van der Waals surface area (Å²) in [5.41, 5.74) is 0.900. The second-order valence-corrected chi connectivity index (χ2v) is 6.93. The summed E-state index contributed by atoms with van der Waals surface area (Å²) in [6, 6.07) is 1.77. The average molecular weight is 365 g/mol.